The van der Waals surface area contributed by atoms with Crippen molar-refractivity contribution in [2.45, 2.75) is 19.6 Å². The summed E-state index contributed by atoms with van der Waals surface area (Å²) in [5.41, 5.74) is 0.443. The van der Waals surface area contributed by atoms with Crippen molar-refractivity contribution in [1.29, 1.82) is 0 Å². The number of ether oxygens (including phenoxy) is 2. The number of hydrogen-bond donors (Lipinski definition) is 1. The molecule has 7 nitrogen and oxygen atoms in total. The van der Waals surface area contributed by atoms with E-state index in [0.29, 0.717) is 24.6 Å². The molecule has 1 N–H and O–H groups in total. The summed E-state index contributed by atoms with van der Waals surface area (Å²) in [6, 6.07) is 7.49. The molecule has 1 aromatic heterocycles. The van der Waals surface area contributed by atoms with Gasteiger partial charge in [-0.3, -0.25) is 9.40 Å². The zero-order valence-electron chi connectivity index (χ0n) is 12.1. The molecule has 0 spiro atoms. The zero-order valence-corrected chi connectivity index (χ0v) is 12.9. The number of para-hydroxylation sites is 2. The normalized spacial score (nSPS) is 17.2. The van der Waals surface area contributed by atoms with E-state index in [1.807, 2.05) is 24.3 Å². The predicted octanol–water partition coefficient (Wildman–Crippen LogP) is 1.48. The second-order valence-corrected chi connectivity index (χ2v) is 6.97. The average Bonchev–Trinajstić information content (AvgIpc) is 2.93. The van der Waals surface area contributed by atoms with Crippen LogP contribution >= 0.6 is 0 Å². The highest BCUT2D eigenvalue weighted by atomic mass is 32.2. The first-order valence-electron chi connectivity index (χ1n) is 6.97. The number of rotatable bonds is 5. The monoisotopic (exact) mass is 323 g/mol. The number of nitrogens with one attached hydrogen (secondary N) is 1. The lowest BCUT2D eigenvalue weighted by molar-refractivity contribution is 0.0759. The maximum absolute atomic E-state index is 11.5. The number of fused-ring (bicyclic) bond motifs is 1. The summed E-state index contributed by atoms with van der Waals surface area (Å²) in [6.45, 7) is 2.48. The molecule has 1 aliphatic rings. The summed E-state index contributed by atoms with van der Waals surface area (Å²) in [5, 5.41) is 4.14. The number of sulfonamides is 1. The van der Waals surface area contributed by atoms with Gasteiger partial charge >= 0.3 is 0 Å². The fourth-order valence-electron chi connectivity index (χ4n) is 2.13. The van der Waals surface area contributed by atoms with Gasteiger partial charge in [-0.15, -0.1) is 0 Å². The maximum Gasteiger partial charge on any atom is 0.232 e. The molecule has 8 heteroatoms. The quantitative estimate of drug-likeness (QED) is 0.901. The minimum Gasteiger partial charge on any atom is -0.486 e. The van der Waals surface area contributed by atoms with Gasteiger partial charge in [-0.05, 0) is 19.1 Å². The molecule has 1 aliphatic heterocycles. The molecule has 3 rings (SSSR count). The summed E-state index contributed by atoms with van der Waals surface area (Å²) in [5.74, 6) is 1.46. The Balaban J connectivity index is 1.64. The maximum atomic E-state index is 11.5. The molecular weight excluding hydrogens is 306 g/mol. The Hall–Kier alpha value is -2.22. The third-order valence-electron chi connectivity index (χ3n) is 3.24. The summed E-state index contributed by atoms with van der Waals surface area (Å²) < 4.78 is 38.6. The standard InChI is InChI=1S/C14H17N3O4S/c1-2-22(18,19)16-11-7-15-17(8-11)9-12-10-20-13-5-3-4-6-14(13)21-12/h3-8,12,16H,2,9-10H2,1H3/t12-/m1/s1. The van der Waals surface area contributed by atoms with E-state index < -0.39 is 10.0 Å². The minimum atomic E-state index is -3.29. The van der Waals surface area contributed by atoms with Crippen LogP contribution in [0.1, 0.15) is 6.92 Å². The molecule has 0 fully saturated rings. The highest BCUT2D eigenvalue weighted by molar-refractivity contribution is 7.92. The van der Waals surface area contributed by atoms with Crippen LogP contribution in [0.3, 0.4) is 0 Å². The van der Waals surface area contributed by atoms with Gasteiger partial charge in [0.1, 0.15) is 6.61 Å². The number of benzene rings is 1. The van der Waals surface area contributed by atoms with Crippen LogP contribution in [0, 0.1) is 0 Å². The van der Waals surface area contributed by atoms with Crippen LogP contribution in [0.4, 0.5) is 5.69 Å². The van der Waals surface area contributed by atoms with Gasteiger partial charge in [-0.1, -0.05) is 12.1 Å². The number of anilines is 1. The molecule has 0 amide bonds. The van der Waals surface area contributed by atoms with Crippen LogP contribution in [0.25, 0.3) is 0 Å². The first kappa shape index (κ1) is 14.7. The van der Waals surface area contributed by atoms with Gasteiger partial charge in [-0.25, -0.2) is 8.42 Å². The molecule has 2 heterocycles. The second kappa shape index (κ2) is 5.88. The predicted molar refractivity (Wildman–Crippen MR) is 81.7 cm³/mol. The van der Waals surface area contributed by atoms with Crippen molar-refractivity contribution in [3.63, 3.8) is 0 Å². The summed E-state index contributed by atoms with van der Waals surface area (Å²) in [4.78, 5) is 0. The van der Waals surface area contributed by atoms with Crippen molar-refractivity contribution in [3.05, 3.63) is 36.7 Å². The van der Waals surface area contributed by atoms with Gasteiger partial charge in [0, 0.05) is 6.20 Å². The van der Waals surface area contributed by atoms with Crippen molar-refractivity contribution in [1.82, 2.24) is 9.78 Å². The molecular formula is C14H17N3O4S. The van der Waals surface area contributed by atoms with Gasteiger partial charge in [0.15, 0.2) is 17.6 Å². The van der Waals surface area contributed by atoms with Gasteiger partial charge in [0.25, 0.3) is 0 Å². The molecule has 0 radical (unpaired) electrons. The van der Waals surface area contributed by atoms with Gasteiger partial charge in [-0.2, -0.15) is 5.10 Å². The Morgan fingerprint density at radius 3 is 2.91 bits per heavy atom. The summed E-state index contributed by atoms with van der Waals surface area (Å²) >= 11 is 0. The van der Waals surface area contributed by atoms with E-state index >= 15 is 0 Å². The van der Waals surface area contributed by atoms with Crippen LogP contribution in [-0.2, 0) is 16.6 Å². The Bertz CT molecular complexity index is 757. The third kappa shape index (κ3) is 3.33. The van der Waals surface area contributed by atoms with E-state index in [9.17, 15) is 8.42 Å². The van der Waals surface area contributed by atoms with Crippen LogP contribution in [0.15, 0.2) is 36.7 Å². The van der Waals surface area contributed by atoms with Gasteiger partial charge < -0.3 is 9.47 Å². The molecule has 0 bridgehead atoms. The van der Waals surface area contributed by atoms with Crippen LogP contribution in [-0.4, -0.2) is 36.7 Å². The first-order chi connectivity index (χ1) is 10.6. The van der Waals surface area contributed by atoms with Crippen molar-refractivity contribution >= 4 is 15.7 Å². The van der Waals surface area contributed by atoms with E-state index in [0.717, 1.165) is 5.75 Å². The van der Waals surface area contributed by atoms with E-state index in [1.165, 1.54) is 6.20 Å². The van der Waals surface area contributed by atoms with Crippen molar-refractivity contribution in [2.75, 3.05) is 17.1 Å². The lowest BCUT2D eigenvalue weighted by atomic mass is 10.2. The zero-order chi connectivity index (χ0) is 15.6. The average molecular weight is 323 g/mol. The molecule has 22 heavy (non-hydrogen) atoms. The lowest BCUT2D eigenvalue weighted by Gasteiger charge is -2.26. The molecule has 0 aliphatic carbocycles. The molecule has 1 atom stereocenters. The molecule has 0 saturated carbocycles. The van der Waals surface area contributed by atoms with Gasteiger partial charge in [0.2, 0.25) is 10.0 Å². The lowest BCUT2D eigenvalue weighted by Crippen LogP contribution is -2.33. The number of nitrogens with zero attached hydrogens (tertiary/aromatic N) is 2. The summed E-state index contributed by atoms with van der Waals surface area (Å²) in [7, 11) is -3.29. The molecule has 0 unspecified atom stereocenters. The minimum absolute atomic E-state index is 0.0224. The molecule has 118 valence electrons. The number of hydrogen-bond acceptors (Lipinski definition) is 5. The van der Waals surface area contributed by atoms with Crippen molar-refractivity contribution in [3.8, 4) is 11.5 Å². The van der Waals surface area contributed by atoms with E-state index in [1.54, 1.807) is 17.8 Å². The highest BCUT2D eigenvalue weighted by Crippen LogP contribution is 2.31. The molecule has 1 aromatic carbocycles. The van der Waals surface area contributed by atoms with Crippen LogP contribution in [0.2, 0.25) is 0 Å². The highest BCUT2D eigenvalue weighted by Gasteiger charge is 2.21. The molecule has 2 aromatic rings. The molecule has 0 saturated heterocycles. The Kier molecular flexibility index (Phi) is 3.93. The fraction of sp³-hybridized carbons (Fsp3) is 0.357. The smallest absolute Gasteiger partial charge is 0.232 e. The van der Waals surface area contributed by atoms with Crippen LogP contribution in [0.5, 0.6) is 11.5 Å². The third-order valence-corrected chi connectivity index (χ3v) is 4.55. The Morgan fingerprint density at radius 1 is 1.36 bits per heavy atom. The largest absolute Gasteiger partial charge is 0.486 e. The number of aromatic nitrogens is 2. The summed E-state index contributed by atoms with van der Waals surface area (Å²) in [6.07, 6.45) is 2.94. The van der Waals surface area contributed by atoms with Crippen LogP contribution < -0.4 is 14.2 Å². The fourth-order valence-corrected chi connectivity index (χ4v) is 2.74. The van der Waals surface area contributed by atoms with Crippen molar-refractivity contribution in [2.24, 2.45) is 0 Å². The van der Waals surface area contributed by atoms with Gasteiger partial charge in [0.05, 0.1) is 24.2 Å². The Morgan fingerprint density at radius 2 is 2.14 bits per heavy atom. The van der Waals surface area contributed by atoms with E-state index in [4.69, 9.17) is 9.47 Å². The topological polar surface area (TPSA) is 82.5 Å². The second-order valence-electron chi connectivity index (χ2n) is 4.95. The first-order valence-corrected chi connectivity index (χ1v) is 8.62. The SMILES string of the molecule is CCS(=O)(=O)Nc1cnn(C[C@@H]2COc3ccccc3O2)c1. The van der Waals surface area contributed by atoms with Crippen molar-refractivity contribution < 1.29 is 17.9 Å². The van der Waals surface area contributed by atoms with E-state index in [-0.39, 0.29) is 11.9 Å². The van der Waals surface area contributed by atoms with E-state index in [2.05, 4.69) is 9.82 Å². The Labute approximate surface area is 128 Å².